The first kappa shape index (κ1) is 41.6. The van der Waals surface area contributed by atoms with Crippen LogP contribution < -0.4 is 21.1 Å². The second-order valence-electron chi connectivity index (χ2n) is 13.1. The molecule has 0 radical (unpaired) electrons. The number of carboxylic acid groups (broad SMARTS) is 3. The minimum absolute atomic E-state index is 0.0165. The number of rotatable bonds is 14. The van der Waals surface area contributed by atoms with Gasteiger partial charge in [0, 0.05) is 11.3 Å². The van der Waals surface area contributed by atoms with Gasteiger partial charge in [-0.05, 0) is 103 Å². The van der Waals surface area contributed by atoms with Gasteiger partial charge in [0.05, 0.1) is 61.1 Å². The molecular formula is C41H33Cl3N4O9S. The van der Waals surface area contributed by atoms with Crippen molar-refractivity contribution in [1.29, 1.82) is 0 Å². The number of aromatic carboxylic acids is 3. The fourth-order valence-corrected chi connectivity index (χ4v) is 7.75. The van der Waals surface area contributed by atoms with Crippen LogP contribution in [0.1, 0.15) is 59.1 Å². The summed E-state index contributed by atoms with van der Waals surface area (Å²) in [4.78, 5) is 35.8. The maximum Gasteiger partial charge on any atom is 0.337 e. The van der Waals surface area contributed by atoms with Gasteiger partial charge < -0.3 is 35.7 Å². The van der Waals surface area contributed by atoms with E-state index in [-0.39, 0.29) is 61.8 Å². The average molecular weight is 864 g/mol. The number of halogens is 3. The Morgan fingerprint density at radius 1 is 0.707 bits per heavy atom. The number of aryl methyl sites for hydroxylation is 1. The lowest BCUT2D eigenvalue weighted by Crippen LogP contribution is -2.15. The number of benzene rings is 5. The lowest BCUT2D eigenvalue weighted by atomic mass is 10.0. The summed E-state index contributed by atoms with van der Waals surface area (Å²) in [5, 5.41) is 44.2. The van der Waals surface area contributed by atoms with E-state index in [0.29, 0.717) is 28.3 Å². The highest BCUT2D eigenvalue weighted by atomic mass is 35.5. The van der Waals surface area contributed by atoms with E-state index in [9.17, 15) is 38.1 Å². The summed E-state index contributed by atoms with van der Waals surface area (Å²) >= 11 is 19.6. The van der Waals surface area contributed by atoms with Crippen molar-refractivity contribution in [1.82, 2.24) is 0 Å². The Hall–Kier alpha value is -6.03. The van der Waals surface area contributed by atoms with Crippen molar-refractivity contribution >= 4 is 91.2 Å². The van der Waals surface area contributed by atoms with Crippen LogP contribution >= 0.6 is 34.8 Å². The molecule has 0 aliphatic carbocycles. The first-order chi connectivity index (χ1) is 27.4. The van der Waals surface area contributed by atoms with Gasteiger partial charge in [0.1, 0.15) is 16.4 Å². The molecule has 13 nitrogen and oxygen atoms in total. The van der Waals surface area contributed by atoms with E-state index in [1.54, 1.807) is 48.5 Å². The Labute approximate surface area is 347 Å². The van der Waals surface area contributed by atoms with E-state index in [0.717, 1.165) is 34.5 Å². The number of nitrogens with two attached hydrogens (primary N) is 1. The van der Waals surface area contributed by atoms with Crippen LogP contribution in [0.15, 0.2) is 100 Å². The molecule has 0 aliphatic heterocycles. The third-order valence-electron chi connectivity index (χ3n) is 9.27. The summed E-state index contributed by atoms with van der Waals surface area (Å²) in [5.41, 5.74) is 5.03. The summed E-state index contributed by atoms with van der Waals surface area (Å²) < 4.78 is 29.7. The molecule has 298 valence electrons. The summed E-state index contributed by atoms with van der Waals surface area (Å²) in [7, 11) is -4.29. The monoisotopic (exact) mass is 862 g/mol. The van der Waals surface area contributed by atoms with Crippen molar-refractivity contribution in [2.24, 2.45) is 5.14 Å². The minimum atomic E-state index is -4.29. The number of nitrogens with one attached hydrogen (secondary N) is 3. The fourth-order valence-electron chi connectivity index (χ4n) is 6.12. The van der Waals surface area contributed by atoms with Gasteiger partial charge in [-0.15, -0.1) is 0 Å². The molecule has 1 heterocycles. The SMILES string of the molecule is Cc1cccc(Nc2cc(Cc3ccc(Cl)c(Nc4cc(-c5ccc(CNc6cc(Cl)c(S(N)(=O)=O)cc6C(=O)O)o5)ccc4C(=O)O)c3Cl)ccc2C(=O)O)c1C. The minimum Gasteiger partial charge on any atom is -0.478 e. The van der Waals surface area contributed by atoms with Crippen molar-refractivity contribution in [2.75, 3.05) is 16.0 Å². The average Bonchev–Trinajstić information content (AvgIpc) is 3.64. The van der Waals surface area contributed by atoms with Crippen LogP contribution in [0.5, 0.6) is 0 Å². The normalized spacial score (nSPS) is 11.3. The van der Waals surface area contributed by atoms with Crippen LogP contribution in [0.25, 0.3) is 11.3 Å². The molecule has 17 heteroatoms. The molecule has 0 saturated carbocycles. The highest BCUT2D eigenvalue weighted by molar-refractivity contribution is 7.89. The van der Waals surface area contributed by atoms with Crippen molar-refractivity contribution < 1.29 is 42.5 Å². The van der Waals surface area contributed by atoms with Crippen LogP contribution in [-0.2, 0) is 23.0 Å². The molecule has 0 amide bonds. The number of hydrogen-bond donors (Lipinski definition) is 7. The Morgan fingerprint density at radius 2 is 1.38 bits per heavy atom. The van der Waals surface area contributed by atoms with Gasteiger partial charge in [0.25, 0.3) is 0 Å². The van der Waals surface area contributed by atoms with Crippen molar-refractivity contribution in [2.45, 2.75) is 31.7 Å². The predicted octanol–water partition coefficient (Wildman–Crippen LogP) is 9.96. The van der Waals surface area contributed by atoms with E-state index >= 15 is 0 Å². The molecule has 0 bridgehead atoms. The van der Waals surface area contributed by atoms with Crippen LogP contribution in [-0.4, -0.2) is 41.6 Å². The summed E-state index contributed by atoms with van der Waals surface area (Å²) in [6.07, 6.45) is 0.275. The van der Waals surface area contributed by atoms with Gasteiger partial charge in [-0.1, -0.05) is 65.1 Å². The second-order valence-corrected chi connectivity index (χ2v) is 15.8. The Bertz CT molecular complexity index is 2750. The molecule has 5 aromatic carbocycles. The third kappa shape index (κ3) is 9.07. The maximum atomic E-state index is 12.3. The predicted molar refractivity (Wildman–Crippen MR) is 223 cm³/mol. The summed E-state index contributed by atoms with van der Waals surface area (Å²) in [5.74, 6) is -3.07. The van der Waals surface area contributed by atoms with Crippen LogP contribution in [0.3, 0.4) is 0 Å². The van der Waals surface area contributed by atoms with Crippen molar-refractivity contribution in [3.05, 3.63) is 151 Å². The number of hydrogen-bond acceptors (Lipinski definition) is 9. The molecule has 0 atom stereocenters. The number of anilines is 5. The summed E-state index contributed by atoms with van der Waals surface area (Å²) in [6.45, 7) is 3.87. The van der Waals surface area contributed by atoms with E-state index in [2.05, 4.69) is 16.0 Å². The van der Waals surface area contributed by atoms with Crippen molar-refractivity contribution in [3.8, 4) is 11.3 Å². The smallest absolute Gasteiger partial charge is 0.337 e. The molecule has 0 aliphatic rings. The van der Waals surface area contributed by atoms with E-state index in [1.807, 2.05) is 32.0 Å². The summed E-state index contributed by atoms with van der Waals surface area (Å²) in [6, 6.07) is 23.7. The van der Waals surface area contributed by atoms with E-state index in [1.165, 1.54) is 12.1 Å². The number of furan rings is 1. The zero-order valence-electron chi connectivity index (χ0n) is 30.5. The first-order valence-electron chi connectivity index (χ1n) is 17.1. The number of carbonyl (C=O) groups is 3. The number of sulfonamides is 1. The topological polar surface area (TPSA) is 221 Å². The zero-order chi connectivity index (χ0) is 42.1. The zero-order valence-corrected chi connectivity index (χ0v) is 33.6. The van der Waals surface area contributed by atoms with Gasteiger partial charge >= 0.3 is 17.9 Å². The van der Waals surface area contributed by atoms with E-state index in [4.69, 9.17) is 44.4 Å². The largest absolute Gasteiger partial charge is 0.478 e. The lowest BCUT2D eigenvalue weighted by molar-refractivity contribution is 0.0687. The maximum absolute atomic E-state index is 12.3. The molecule has 0 unspecified atom stereocenters. The van der Waals surface area contributed by atoms with Gasteiger partial charge in [-0.25, -0.2) is 27.9 Å². The van der Waals surface area contributed by atoms with Crippen LogP contribution in [0.4, 0.5) is 28.4 Å². The molecule has 0 spiro atoms. The second kappa shape index (κ2) is 16.8. The Balaban J connectivity index is 1.26. The van der Waals surface area contributed by atoms with Crippen molar-refractivity contribution in [3.63, 3.8) is 0 Å². The van der Waals surface area contributed by atoms with Gasteiger partial charge in [-0.3, -0.25) is 0 Å². The molecule has 58 heavy (non-hydrogen) atoms. The molecule has 8 N–H and O–H groups in total. The van der Waals surface area contributed by atoms with E-state index < -0.39 is 32.8 Å². The molecule has 6 rings (SSSR count). The quantitative estimate of drug-likeness (QED) is 0.0544. The standard InChI is InChI=1S/C41H33Cl3N4O9S/c1-20-4-3-5-31(21(20)2)47-33-15-22(6-10-26(33)39(49)50)14-24-8-12-29(42)38(37(24)44)48-34-16-23(7-11-27(34)40(51)52)35-13-9-25(57-35)19-46-32-18-30(43)36(58(45,55)56)17-28(32)41(53)54/h3-13,15-18,46-48H,14,19H2,1-2H3,(H,49,50)(H,51,52)(H,53,54)(H2,45,55,56). The highest BCUT2D eigenvalue weighted by Gasteiger charge is 2.22. The molecule has 6 aromatic rings. The molecular weight excluding hydrogens is 831 g/mol. The fraction of sp³-hybridized carbons (Fsp3) is 0.0976. The first-order valence-corrected chi connectivity index (χ1v) is 19.8. The van der Waals surface area contributed by atoms with Crippen LogP contribution in [0, 0.1) is 13.8 Å². The van der Waals surface area contributed by atoms with Crippen LogP contribution in [0.2, 0.25) is 15.1 Å². The highest BCUT2D eigenvalue weighted by Crippen LogP contribution is 2.39. The molecule has 0 fully saturated rings. The molecule has 1 aromatic heterocycles. The van der Waals surface area contributed by atoms with Gasteiger partial charge in [0.2, 0.25) is 10.0 Å². The Morgan fingerprint density at radius 3 is 2.05 bits per heavy atom. The number of primary sulfonamides is 1. The third-order valence-corrected chi connectivity index (χ3v) is 11.4. The van der Waals surface area contributed by atoms with Gasteiger partial charge in [0.15, 0.2) is 0 Å². The van der Waals surface area contributed by atoms with Gasteiger partial charge in [-0.2, -0.15) is 0 Å². The molecule has 0 saturated heterocycles. The Kier molecular flexibility index (Phi) is 12.1. The number of carboxylic acids is 3. The lowest BCUT2D eigenvalue weighted by Gasteiger charge is -2.17.